The first kappa shape index (κ1) is 25.8. The van der Waals surface area contributed by atoms with Crippen LogP contribution in [0.4, 0.5) is 5.82 Å². The van der Waals surface area contributed by atoms with Gasteiger partial charge in [-0.1, -0.05) is 17.7 Å². The van der Waals surface area contributed by atoms with Gasteiger partial charge in [0.05, 0.1) is 32.6 Å². The topological polar surface area (TPSA) is 142 Å². The molecular formula is C24H21ClN8O3S2. The second-order valence-corrected chi connectivity index (χ2v) is 11.2. The van der Waals surface area contributed by atoms with Crippen LogP contribution >= 0.6 is 25.1 Å². The molecule has 194 valence electrons. The number of benzene rings is 1. The third kappa shape index (κ3) is 4.01. The Labute approximate surface area is 228 Å². The minimum absolute atomic E-state index is 0. The number of nitriles is 1. The highest BCUT2D eigenvalue weighted by Crippen LogP contribution is 2.38. The van der Waals surface area contributed by atoms with Crippen molar-refractivity contribution in [1.29, 1.82) is 5.26 Å². The molecule has 6 rings (SSSR count). The van der Waals surface area contributed by atoms with Gasteiger partial charge in [0, 0.05) is 25.2 Å². The Kier molecular flexibility index (Phi) is 6.42. The van der Waals surface area contributed by atoms with Crippen LogP contribution in [0.25, 0.3) is 22.2 Å². The fourth-order valence-electron chi connectivity index (χ4n) is 4.91. The average molecular weight is 569 g/mol. The van der Waals surface area contributed by atoms with Crippen LogP contribution in [0, 0.1) is 11.3 Å². The standard InChI is InChI=1S/C24H19ClN8O3S.H2S/c1-37(35,36)16-5-2-4-15(10-16)33-22(30-32-9-7-17(25)20(32)24(33)34)18-6-3-8-31(18)23-19-14(11-26)12-27-21(19)28-13-29-23;/h2,4-5,7,9-10,12-13,18H,3,6,8H2,1H3,(H,27,28,29);1H2/t18-;/m0./s1. The van der Waals surface area contributed by atoms with Crippen LogP contribution in [0.2, 0.25) is 5.02 Å². The zero-order chi connectivity index (χ0) is 25.9. The van der Waals surface area contributed by atoms with Crippen molar-refractivity contribution in [2.75, 3.05) is 17.7 Å². The number of aromatic amines is 1. The Hall–Kier alpha value is -3.86. The second-order valence-electron chi connectivity index (χ2n) is 8.81. The fraction of sp³-hybridized carbons (Fsp3) is 0.208. The van der Waals surface area contributed by atoms with Gasteiger partial charge in [0.25, 0.3) is 5.56 Å². The third-order valence-electron chi connectivity index (χ3n) is 6.56. The molecule has 1 aliphatic heterocycles. The SMILES string of the molecule is CS(=O)(=O)c1cccc(-n2c([C@@H]3CCCN3c3ncnc4[nH]cc(C#N)c34)nn3ccc(Cl)c3c2=O)c1.S. The quantitative estimate of drug-likeness (QED) is 0.348. The highest BCUT2D eigenvalue weighted by molar-refractivity contribution is 7.90. The molecule has 1 saturated heterocycles. The molecule has 0 unspecified atom stereocenters. The van der Waals surface area contributed by atoms with Crippen LogP contribution in [0.3, 0.4) is 0 Å². The Balaban J connectivity index is 0.00000294. The molecule has 1 fully saturated rings. The van der Waals surface area contributed by atoms with Crippen molar-refractivity contribution in [3.63, 3.8) is 0 Å². The maximum Gasteiger partial charge on any atom is 0.284 e. The maximum absolute atomic E-state index is 13.8. The molecule has 1 aliphatic rings. The Morgan fingerprint density at radius 3 is 2.82 bits per heavy atom. The zero-order valence-corrected chi connectivity index (χ0v) is 22.5. The first-order chi connectivity index (χ1) is 17.8. The van der Waals surface area contributed by atoms with Gasteiger partial charge in [-0.15, -0.1) is 0 Å². The van der Waals surface area contributed by atoms with Crippen LogP contribution in [0.15, 0.2) is 58.7 Å². The first-order valence-electron chi connectivity index (χ1n) is 11.4. The molecule has 38 heavy (non-hydrogen) atoms. The van der Waals surface area contributed by atoms with Crippen LogP contribution in [-0.4, -0.2) is 50.4 Å². The molecule has 11 nitrogen and oxygen atoms in total. The number of hydrogen-bond acceptors (Lipinski definition) is 8. The summed E-state index contributed by atoms with van der Waals surface area (Å²) in [7, 11) is -3.53. The summed E-state index contributed by atoms with van der Waals surface area (Å²) < 4.78 is 27.4. The molecular weight excluding hydrogens is 548 g/mol. The van der Waals surface area contributed by atoms with Crippen molar-refractivity contribution in [2.24, 2.45) is 0 Å². The number of hydrogen-bond donors (Lipinski definition) is 1. The van der Waals surface area contributed by atoms with E-state index in [-0.39, 0.29) is 28.9 Å². The van der Waals surface area contributed by atoms with Gasteiger partial charge in [0.15, 0.2) is 15.7 Å². The van der Waals surface area contributed by atoms with Crippen molar-refractivity contribution in [3.05, 3.63) is 75.8 Å². The number of fused-ring (bicyclic) bond motifs is 2. The maximum atomic E-state index is 13.8. The van der Waals surface area contributed by atoms with Gasteiger partial charge in [0.2, 0.25) is 0 Å². The summed E-state index contributed by atoms with van der Waals surface area (Å²) >= 11 is 6.33. The minimum atomic E-state index is -3.53. The fourth-order valence-corrected chi connectivity index (χ4v) is 5.79. The van der Waals surface area contributed by atoms with Crippen molar-refractivity contribution >= 4 is 57.3 Å². The van der Waals surface area contributed by atoms with Gasteiger partial charge in [-0.05, 0) is 37.1 Å². The normalized spacial score (nSPS) is 15.6. The molecule has 0 spiro atoms. The minimum Gasteiger partial charge on any atom is -0.346 e. The van der Waals surface area contributed by atoms with Gasteiger partial charge in [-0.2, -0.15) is 23.9 Å². The van der Waals surface area contributed by atoms with Crippen LogP contribution in [0.5, 0.6) is 0 Å². The molecule has 0 bridgehead atoms. The van der Waals surface area contributed by atoms with Crippen molar-refractivity contribution in [1.82, 2.24) is 29.1 Å². The van der Waals surface area contributed by atoms with Crippen molar-refractivity contribution < 1.29 is 8.42 Å². The average Bonchev–Trinajstić information content (AvgIpc) is 3.61. The van der Waals surface area contributed by atoms with Gasteiger partial charge in [-0.3, -0.25) is 9.36 Å². The lowest BCUT2D eigenvalue weighted by Crippen LogP contribution is -2.33. The van der Waals surface area contributed by atoms with E-state index in [1.807, 2.05) is 4.90 Å². The summed E-state index contributed by atoms with van der Waals surface area (Å²) in [6.45, 7) is 0.608. The smallest absolute Gasteiger partial charge is 0.284 e. The first-order valence-corrected chi connectivity index (χ1v) is 13.6. The van der Waals surface area contributed by atoms with Gasteiger partial charge in [0.1, 0.15) is 29.4 Å². The summed E-state index contributed by atoms with van der Waals surface area (Å²) in [5.41, 5.74) is 1.06. The Morgan fingerprint density at radius 1 is 1.24 bits per heavy atom. The van der Waals surface area contributed by atoms with Crippen molar-refractivity contribution in [3.8, 4) is 11.8 Å². The lowest BCUT2D eigenvalue weighted by molar-refractivity contribution is 0.598. The summed E-state index contributed by atoms with van der Waals surface area (Å²) in [5, 5.41) is 15.3. The Morgan fingerprint density at radius 2 is 2.05 bits per heavy atom. The van der Waals surface area contributed by atoms with E-state index < -0.39 is 21.4 Å². The second kappa shape index (κ2) is 9.46. The molecule has 4 aromatic heterocycles. The summed E-state index contributed by atoms with van der Waals surface area (Å²) in [5.74, 6) is 0.954. The number of nitrogens with one attached hydrogen (secondary N) is 1. The summed E-state index contributed by atoms with van der Waals surface area (Å²) in [4.78, 5) is 27.7. The molecule has 0 saturated carbocycles. The number of aromatic nitrogens is 6. The monoisotopic (exact) mass is 568 g/mol. The molecule has 0 aliphatic carbocycles. The molecule has 1 atom stereocenters. The number of sulfone groups is 1. The predicted molar refractivity (Wildman–Crippen MR) is 147 cm³/mol. The molecule has 1 N–H and O–H groups in total. The van der Waals surface area contributed by atoms with E-state index in [1.54, 1.807) is 30.6 Å². The largest absolute Gasteiger partial charge is 0.346 e. The molecule has 5 heterocycles. The number of rotatable bonds is 4. The lowest BCUT2D eigenvalue weighted by atomic mass is 10.1. The number of halogens is 1. The molecule has 1 aromatic carbocycles. The molecule has 14 heteroatoms. The van der Waals surface area contributed by atoms with E-state index >= 15 is 0 Å². The van der Waals surface area contributed by atoms with E-state index in [1.165, 1.54) is 27.5 Å². The predicted octanol–water partition coefficient (Wildman–Crippen LogP) is 3.14. The third-order valence-corrected chi connectivity index (χ3v) is 7.97. The van der Waals surface area contributed by atoms with E-state index in [0.717, 1.165) is 12.7 Å². The van der Waals surface area contributed by atoms with E-state index in [0.29, 0.717) is 46.9 Å². The molecule has 5 aromatic rings. The van der Waals surface area contributed by atoms with Crippen LogP contribution in [0.1, 0.15) is 30.3 Å². The van der Waals surface area contributed by atoms with E-state index in [2.05, 4.69) is 21.0 Å². The van der Waals surface area contributed by atoms with Gasteiger partial charge >= 0.3 is 0 Å². The van der Waals surface area contributed by atoms with E-state index in [9.17, 15) is 18.5 Å². The molecule has 0 amide bonds. The summed E-state index contributed by atoms with van der Waals surface area (Å²) in [6, 6.07) is 9.55. The highest BCUT2D eigenvalue weighted by Gasteiger charge is 2.34. The van der Waals surface area contributed by atoms with Gasteiger partial charge < -0.3 is 9.88 Å². The summed E-state index contributed by atoms with van der Waals surface area (Å²) in [6.07, 6.45) is 7.18. The van der Waals surface area contributed by atoms with Crippen LogP contribution < -0.4 is 10.5 Å². The lowest BCUT2D eigenvalue weighted by Gasteiger charge is -2.27. The van der Waals surface area contributed by atoms with Crippen molar-refractivity contribution in [2.45, 2.75) is 23.8 Å². The number of anilines is 1. The van der Waals surface area contributed by atoms with Crippen LogP contribution in [-0.2, 0) is 9.84 Å². The zero-order valence-electron chi connectivity index (χ0n) is 20.0. The highest BCUT2D eigenvalue weighted by atomic mass is 35.5. The number of H-pyrrole nitrogens is 1. The van der Waals surface area contributed by atoms with Gasteiger partial charge in [-0.25, -0.2) is 22.9 Å². The Bertz CT molecular complexity index is 1920. The number of nitrogens with zero attached hydrogens (tertiary/aromatic N) is 7. The van der Waals surface area contributed by atoms with E-state index in [4.69, 9.17) is 16.7 Å². The molecule has 0 radical (unpaired) electrons.